The van der Waals surface area contributed by atoms with Crippen LogP contribution in [0, 0.1) is 0 Å². The lowest BCUT2D eigenvalue weighted by Crippen LogP contribution is -2.35. The predicted octanol–water partition coefficient (Wildman–Crippen LogP) is 4.42. The molecule has 0 saturated heterocycles. The fourth-order valence-electron chi connectivity index (χ4n) is 4.71. The molecule has 2 heterocycles. The Bertz CT molecular complexity index is 817. The van der Waals surface area contributed by atoms with E-state index in [1.54, 1.807) is 17.7 Å². The summed E-state index contributed by atoms with van der Waals surface area (Å²) in [6, 6.07) is 0.937. The van der Waals surface area contributed by atoms with Crippen LogP contribution in [0.5, 0.6) is 0 Å². The molecule has 0 amide bonds. The van der Waals surface area contributed by atoms with Crippen LogP contribution in [-0.2, 0) is 6.42 Å². The van der Waals surface area contributed by atoms with Gasteiger partial charge in [0, 0.05) is 23.6 Å². The largest absolute Gasteiger partial charge is 0.396 e. The minimum absolute atomic E-state index is 0.241. The van der Waals surface area contributed by atoms with Gasteiger partial charge in [0.2, 0.25) is 0 Å². The molecule has 0 aromatic carbocycles. The molecule has 1 fully saturated rings. The highest BCUT2D eigenvalue weighted by Gasteiger charge is 2.30. The molecule has 0 aliphatic heterocycles. The van der Waals surface area contributed by atoms with Crippen LogP contribution in [-0.4, -0.2) is 38.7 Å². The van der Waals surface area contributed by atoms with Crippen LogP contribution in [0.25, 0.3) is 10.2 Å². The molecular formula is C21H28N4OS. The van der Waals surface area contributed by atoms with E-state index in [0.29, 0.717) is 18.0 Å². The number of nitrogens with zero attached hydrogens (tertiary/aromatic N) is 3. The zero-order valence-corrected chi connectivity index (χ0v) is 16.5. The van der Waals surface area contributed by atoms with Gasteiger partial charge in [0.05, 0.1) is 5.39 Å². The smallest absolute Gasteiger partial charge is 0.138 e. The molecule has 0 bridgehead atoms. The molecule has 27 heavy (non-hydrogen) atoms. The lowest BCUT2D eigenvalue weighted by atomic mass is 9.90. The average Bonchev–Trinajstić information content (AvgIpc) is 3.24. The fourth-order valence-corrected chi connectivity index (χ4v) is 5.95. The maximum absolute atomic E-state index is 9.44. The van der Waals surface area contributed by atoms with Crippen molar-refractivity contribution in [2.75, 3.05) is 11.9 Å². The van der Waals surface area contributed by atoms with Crippen molar-refractivity contribution in [3.8, 4) is 0 Å². The number of hydrogen-bond acceptors (Lipinski definition) is 6. The summed E-state index contributed by atoms with van der Waals surface area (Å²) in [5.41, 5.74) is 1.39. The minimum atomic E-state index is 0.241. The number of aliphatic hydroxyl groups is 1. The number of aromatic nitrogens is 2. The molecule has 2 aromatic rings. The van der Waals surface area contributed by atoms with E-state index in [1.165, 1.54) is 15.8 Å². The van der Waals surface area contributed by atoms with Crippen molar-refractivity contribution >= 4 is 27.4 Å². The first-order valence-electron chi connectivity index (χ1n) is 9.91. The molecule has 2 N–H and O–H groups in total. The third-order valence-corrected chi connectivity index (χ3v) is 7.26. The van der Waals surface area contributed by atoms with E-state index < -0.39 is 0 Å². The second-order valence-electron chi connectivity index (χ2n) is 7.55. The van der Waals surface area contributed by atoms with E-state index in [0.717, 1.165) is 55.6 Å². The summed E-state index contributed by atoms with van der Waals surface area (Å²) < 4.78 is 0. The van der Waals surface area contributed by atoms with E-state index in [-0.39, 0.29) is 6.61 Å². The normalized spacial score (nSPS) is 24.6. The Hall–Kier alpha value is -1.92. The Morgan fingerprint density at radius 2 is 1.96 bits per heavy atom. The van der Waals surface area contributed by atoms with E-state index in [1.807, 2.05) is 12.4 Å². The van der Waals surface area contributed by atoms with Crippen molar-refractivity contribution in [1.82, 2.24) is 14.9 Å². The van der Waals surface area contributed by atoms with Crippen LogP contribution in [0.3, 0.4) is 0 Å². The van der Waals surface area contributed by atoms with Gasteiger partial charge >= 0.3 is 0 Å². The van der Waals surface area contributed by atoms with E-state index in [2.05, 4.69) is 33.3 Å². The number of fused-ring (bicyclic) bond motifs is 3. The molecule has 2 aliphatic rings. The quantitative estimate of drug-likeness (QED) is 0.740. The molecule has 144 valence electrons. The van der Waals surface area contributed by atoms with Crippen molar-refractivity contribution in [2.45, 2.75) is 62.9 Å². The molecule has 6 heteroatoms. The standard InChI is InChI=1S/C21H28N4OS/c1-3-25(4-2)16-8-6-15(7-9-16)24-20-19-18-14(11-12-26)5-10-17(18)27-21(19)23-13-22-20/h3-4,13-16,26H,1-2,5-12H2,(H,22,23,24). The Morgan fingerprint density at radius 3 is 2.67 bits per heavy atom. The summed E-state index contributed by atoms with van der Waals surface area (Å²) in [6.07, 6.45) is 13.0. The molecule has 5 nitrogen and oxygen atoms in total. The van der Waals surface area contributed by atoms with Gasteiger partial charge in [-0.1, -0.05) is 13.2 Å². The number of anilines is 1. The first kappa shape index (κ1) is 18.4. The maximum atomic E-state index is 9.44. The van der Waals surface area contributed by atoms with Crippen LogP contribution in [0.15, 0.2) is 31.9 Å². The van der Waals surface area contributed by atoms with Crippen molar-refractivity contribution in [1.29, 1.82) is 0 Å². The summed E-state index contributed by atoms with van der Waals surface area (Å²) in [4.78, 5) is 13.8. The summed E-state index contributed by atoms with van der Waals surface area (Å²) >= 11 is 1.80. The number of thiophene rings is 1. The van der Waals surface area contributed by atoms with Gasteiger partial charge < -0.3 is 15.3 Å². The number of nitrogens with one attached hydrogen (secondary N) is 1. The summed E-state index contributed by atoms with van der Waals surface area (Å²) in [5, 5.41) is 14.4. The Morgan fingerprint density at radius 1 is 1.19 bits per heavy atom. The highest BCUT2D eigenvalue weighted by atomic mass is 32.1. The molecule has 0 radical (unpaired) electrons. The van der Waals surface area contributed by atoms with Gasteiger partial charge in [-0.2, -0.15) is 0 Å². The fraction of sp³-hybridized carbons (Fsp3) is 0.524. The van der Waals surface area contributed by atoms with Crippen LogP contribution in [0.1, 0.15) is 54.9 Å². The molecule has 2 aromatic heterocycles. The second kappa shape index (κ2) is 7.98. The van der Waals surface area contributed by atoms with Crippen molar-refractivity contribution in [2.24, 2.45) is 0 Å². The molecule has 1 unspecified atom stereocenters. The molecule has 4 rings (SSSR count). The maximum Gasteiger partial charge on any atom is 0.138 e. The summed E-state index contributed by atoms with van der Waals surface area (Å²) in [7, 11) is 0. The lowest BCUT2D eigenvalue weighted by Gasteiger charge is -2.34. The van der Waals surface area contributed by atoms with Gasteiger partial charge in [-0.25, -0.2) is 9.97 Å². The highest BCUT2D eigenvalue weighted by Crippen LogP contribution is 2.46. The van der Waals surface area contributed by atoms with Gasteiger partial charge in [-0.3, -0.25) is 0 Å². The van der Waals surface area contributed by atoms with Crippen LogP contribution < -0.4 is 5.32 Å². The number of rotatable bonds is 7. The highest BCUT2D eigenvalue weighted by molar-refractivity contribution is 7.19. The summed E-state index contributed by atoms with van der Waals surface area (Å²) in [5.74, 6) is 1.42. The van der Waals surface area contributed by atoms with Gasteiger partial charge in [0.1, 0.15) is 17.0 Å². The van der Waals surface area contributed by atoms with Gasteiger partial charge in [-0.15, -0.1) is 11.3 Å². The molecular weight excluding hydrogens is 356 g/mol. The van der Waals surface area contributed by atoms with E-state index in [4.69, 9.17) is 0 Å². The van der Waals surface area contributed by atoms with Gasteiger partial charge in [-0.05, 0) is 68.8 Å². The predicted molar refractivity (Wildman–Crippen MR) is 112 cm³/mol. The van der Waals surface area contributed by atoms with Crippen LogP contribution in [0.2, 0.25) is 0 Å². The van der Waals surface area contributed by atoms with Gasteiger partial charge in [0.25, 0.3) is 0 Å². The van der Waals surface area contributed by atoms with E-state index >= 15 is 0 Å². The Balaban J connectivity index is 1.53. The Labute approximate surface area is 164 Å². The molecule has 1 saturated carbocycles. The van der Waals surface area contributed by atoms with Crippen molar-refractivity contribution < 1.29 is 5.11 Å². The third-order valence-electron chi connectivity index (χ3n) is 6.09. The first-order valence-corrected chi connectivity index (χ1v) is 10.7. The molecule has 2 aliphatic carbocycles. The monoisotopic (exact) mass is 384 g/mol. The zero-order chi connectivity index (χ0) is 18.8. The number of aryl methyl sites for hydroxylation is 1. The average molecular weight is 385 g/mol. The lowest BCUT2D eigenvalue weighted by molar-refractivity contribution is 0.268. The third kappa shape index (κ3) is 3.48. The minimum Gasteiger partial charge on any atom is -0.396 e. The van der Waals surface area contributed by atoms with E-state index in [9.17, 15) is 5.11 Å². The van der Waals surface area contributed by atoms with Crippen molar-refractivity contribution in [3.63, 3.8) is 0 Å². The topological polar surface area (TPSA) is 61.3 Å². The zero-order valence-electron chi connectivity index (χ0n) is 15.7. The SMILES string of the molecule is C=CN(C=C)C1CCC(Nc2ncnc3sc4c(c23)C(CCO)CC4)CC1. The van der Waals surface area contributed by atoms with Gasteiger partial charge in [0.15, 0.2) is 0 Å². The Kier molecular flexibility index (Phi) is 5.45. The second-order valence-corrected chi connectivity index (χ2v) is 8.63. The van der Waals surface area contributed by atoms with Crippen LogP contribution >= 0.6 is 11.3 Å². The van der Waals surface area contributed by atoms with Crippen LogP contribution in [0.4, 0.5) is 5.82 Å². The van der Waals surface area contributed by atoms with Crippen molar-refractivity contribution in [3.05, 3.63) is 42.3 Å². The summed E-state index contributed by atoms with van der Waals surface area (Å²) in [6.45, 7) is 8.01. The molecule has 0 spiro atoms. The number of aliphatic hydroxyl groups excluding tert-OH is 1. The number of hydrogen-bond donors (Lipinski definition) is 2. The molecule has 1 atom stereocenters. The first-order chi connectivity index (χ1) is 13.2.